The lowest BCUT2D eigenvalue weighted by Gasteiger charge is -2.34. The van der Waals surface area contributed by atoms with E-state index in [1.54, 1.807) is 16.7 Å². The Kier molecular flexibility index (Phi) is 5.78. The topological polar surface area (TPSA) is 88.4 Å². The molecule has 1 fully saturated rings. The lowest BCUT2D eigenvalue weighted by atomic mass is 10.1. The van der Waals surface area contributed by atoms with E-state index in [0.717, 1.165) is 23.5 Å². The minimum atomic E-state index is -0.116. The van der Waals surface area contributed by atoms with Crippen LogP contribution in [0.3, 0.4) is 0 Å². The summed E-state index contributed by atoms with van der Waals surface area (Å²) in [5.41, 5.74) is 2.91. The van der Waals surface area contributed by atoms with Gasteiger partial charge in [0.15, 0.2) is 0 Å². The summed E-state index contributed by atoms with van der Waals surface area (Å²) in [7, 11) is 1.61. The van der Waals surface area contributed by atoms with Crippen molar-refractivity contribution < 1.29 is 9.53 Å². The Bertz CT molecular complexity index is 995. The second kappa shape index (κ2) is 8.81. The summed E-state index contributed by atoms with van der Waals surface area (Å²) < 4.78 is 6.90. The van der Waals surface area contributed by atoms with E-state index >= 15 is 0 Å². The van der Waals surface area contributed by atoms with Crippen molar-refractivity contribution in [1.29, 1.82) is 0 Å². The Morgan fingerprint density at radius 1 is 1.10 bits per heavy atom. The van der Waals surface area contributed by atoms with Gasteiger partial charge in [0, 0.05) is 31.9 Å². The Morgan fingerprint density at radius 2 is 1.87 bits per heavy atom. The van der Waals surface area contributed by atoms with Crippen LogP contribution in [0, 0.1) is 0 Å². The number of anilines is 2. The second-order valence-corrected chi connectivity index (χ2v) is 7.05. The number of carbonyl (C=O) groups excluding carboxylic acids is 1. The Labute approximate surface area is 175 Å². The number of carbonyl (C=O) groups is 1. The number of amides is 2. The van der Waals surface area contributed by atoms with Crippen molar-refractivity contribution in [2.24, 2.45) is 0 Å². The predicted octanol–water partition coefficient (Wildman–Crippen LogP) is 2.59. The number of hydrogen-bond donors (Lipinski definition) is 1. The molecule has 9 nitrogen and oxygen atoms in total. The van der Waals surface area contributed by atoms with Gasteiger partial charge >= 0.3 is 6.03 Å². The van der Waals surface area contributed by atoms with E-state index in [0.29, 0.717) is 32.1 Å². The third-order valence-corrected chi connectivity index (χ3v) is 5.21. The number of rotatable bonds is 5. The highest BCUT2D eigenvalue weighted by atomic mass is 16.5. The molecule has 0 spiro atoms. The monoisotopic (exact) mass is 407 g/mol. The normalized spacial score (nSPS) is 13.9. The maximum absolute atomic E-state index is 12.6. The van der Waals surface area contributed by atoms with E-state index in [1.807, 2.05) is 36.4 Å². The van der Waals surface area contributed by atoms with Crippen molar-refractivity contribution in [3.8, 4) is 11.4 Å². The number of ether oxygens (including phenoxy) is 1. The van der Waals surface area contributed by atoms with Crippen LogP contribution in [0.5, 0.6) is 5.75 Å². The highest BCUT2D eigenvalue weighted by Gasteiger charge is 2.25. The molecule has 156 valence electrons. The molecule has 2 heterocycles. The van der Waals surface area contributed by atoms with Crippen LogP contribution in [0.4, 0.5) is 16.4 Å². The molecule has 0 saturated carbocycles. The van der Waals surface area contributed by atoms with E-state index in [4.69, 9.17) is 4.74 Å². The number of methoxy groups -OCH3 is 1. The Hall–Kier alpha value is -3.62. The molecule has 9 heteroatoms. The molecule has 1 aromatic heterocycles. The quantitative estimate of drug-likeness (QED) is 0.699. The summed E-state index contributed by atoms with van der Waals surface area (Å²) in [6, 6.07) is 15.4. The minimum absolute atomic E-state index is 0.116. The van der Waals surface area contributed by atoms with Gasteiger partial charge in [-0.15, -0.1) is 0 Å². The first-order valence-corrected chi connectivity index (χ1v) is 10.0. The molecule has 0 atom stereocenters. The van der Waals surface area contributed by atoms with Crippen molar-refractivity contribution in [3.05, 3.63) is 54.1 Å². The van der Waals surface area contributed by atoms with Gasteiger partial charge in [-0.05, 0) is 58.8 Å². The highest BCUT2D eigenvalue weighted by Crippen LogP contribution is 2.19. The smallest absolute Gasteiger partial charge is 0.321 e. The first kappa shape index (κ1) is 19.7. The molecule has 1 aliphatic rings. The molecule has 2 aromatic carbocycles. The van der Waals surface area contributed by atoms with E-state index in [1.165, 1.54) is 5.56 Å². The lowest BCUT2D eigenvalue weighted by Crippen LogP contribution is -2.50. The second-order valence-electron chi connectivity index (χ2n) is 7.05. The van der Waals surface area contributed by atoms with Crippen molar-refractivity contribution in [1.82, 2.24) is 25.1 Å². The zero-order valence-corrected chi connectivity index (χ0v) is 17.2. The van der Waals surface area contributed by atoms with Gasteiger partial charge in [0.05, 0.1) is 12.8 Å². The third-order valence-electron chi connectivity index (χ3n) is 5.21. The van der Waals surface area contributed by atoms with Gasteiger partial charge in [-0.2, -0.15) is 4.68 Å². The molecule has 0 radical (unpaired) electrons. The summed E-state index contributed by atoms with van der Waals surface area (Å²) >= 11 is 0. The van der Waals surface area contributed by atoms with Crippen LogP contribution < -0.4 is 15.0 Å². The molecular formula is C21H25N7O2. The largest absolute Gasteiger partial charge is 0.497 e. The van der Waals surface area contributed by atoms with Crippen LogP contribution in [-0.2, 0) is 6.42 Å². The standard InChI is InChI=1S/C21H25N7O2/c1-3-16-5-4-6-18(15-16)28-20(23-24-25-28)26-11-13-27(14-12-26)21(29)22-17-7-9-19(30-2)10-8-17/h4-10,15H,3,11-14H2,1-2H3,(H,22,29). The SMILES string of the molecule is CCc1cccc(-n2nnnc2N2CCN(C(=O)Nc3ccc(OC)cc3)CC2)c1. The predicted molar refractivity (Wildman–Crippen MR) is 114 cm³/mol. The molecule has 0 bridgehead atoms. The fraction of sp³-hybridized carbons (Fsp3) is 0.333. The molecule has 1 saturated heterocycles. The van der Waals surface area contributed by atoms with Crippen LogP contribution in [-0.4, -0.2) is 64.4 Å². The number of hydrogen-bond acceptors (Lipinski definition) is 6. The lowest BCUT2D eigenvalue weighted by molar-refractivity contribution is 0.208. The van der Waals surface area contributed by atoms with Gasteiger partial charge in [0.2, 0.25) is 5.95 Å². The summed E-state index contributed by atoms with van der Waals surface area (Å²) in [6.07, 6.45) is 0.952. The van der Waals surface area contributed by atoms with Gasteiger partial charge in [0.25, 0.3) is 0 Å². The third kappa shape index (κ3) is 4.19. The average Bonchev–Trinajstić information content (AvgIpc) is 3.30. The van der Waals surface area contributed by atoms with Gasteiger partial charge in [-0.25, -0.2) is 4.79 Å². The van der Waals surface area contributed by atoms with E-state index in [-0.39, 0.29) is 6.03 Å². The van der Waals surface area contributed by atoms with Crippen molar-refractivity contribution in [2.45, 2.75) is 13.3 Å². The maximum Gasteiger partial charge on any atom is 0.321 e. The number of tetrazole rings is 1. The molecule has 30 heavy (non-hydrogen) atoms. The summed E-state index contributed by atoms with van der Waals surface area (Å²) in [5.74, 6) is 1.45. The fourth-order valence-electron chi connectivity index (χ4n) is 3.44. The summed E-state index contributed by atoms with van der Waals surface area (Å²) in [6.45, 7) is 4.61. The zero-order chi connectivity index (χ0) is 20.9. The van der Waals surface area contributed by atoms with Gasteiger partial charge < -0.3 is 19.9 Å². The molecular weight excluding hydrogens is 382 g/mol. The number of aromatic nitrogens is 4. The van der Waals surface area contributed by atoms with E-state index < -0.39 is 0 Å². The Morgan fingerprint density at radius 3 is 2.57 bits per heavy atom. The Balaban J connectivity index is 1.39. The number of nitrogens with one attached hydrogen (secondary N) is 1. The van der Waals surface area contributed by atoms with Gasteiger partial charge in [-0.1, -0.05) is 24.2 Å². The van der Waals surface area contributed by atoms with Crippen molar-refractivity contribution in [2.75, 3.05) is 43.5 Å². The van der Waals surface area contributed by atoms with Crippen molar-refractivity contribution in [3.63, 3.8) is 0 Å². The number of piperazine rings is 1. The van der Waals surface area contributed by atoms with Crippen LogP contribution in [0.15, 0.2) is 48.5 Å². The fourth-order valence-corrected chi connectivity index (χ4v) is 3.44. The highest BCUT2D eigenvalue weighted by molar-refractivity contribution is 5.89. The minimum Gasteiger partial charge on any atom is -0.497 e. The zero-order valence-electron chi connectivity index (χ0n) is 17.2. The number of aryl methyl sites for hydroxylation is 1. The molecule has 4 rings (SSSR count). The molecule has 0 unspecified atom stereocenters. The molecule has 0 aliphatic carbocycles. The number of nitrogens with zero attached hydrogens (tertiary/aromatic N) is 6. The van der Waals surface area contributed by atoms with Crippen LogP contribution >= 0.6 is 0 Å². The van der Waals surface area contributed by atoms with Crippen molar-refractivity contribution >= 4 is 17.7 Å². The molecule has 3 aromatic rings. The van der Waals surface area contributed by atoms with Gasteiger partial charge in [-0.3, -0.25) is 0 Å². The average molecular weight is 407 g/mol. The van der Waals surface area contributed by atoms with Crippen LogP contribution in [0.25, 0.3) is 5.69 Å². The molecule has 1 aliphatic heterocycles. The first-order chi connectivity index (χ1) is 14.7. The first-order valence-electron chi connectivity index (χ1n) is 10.0. The summed E-state index contributed by atoms with van der Waals surface area (Å²) in [4.78, 5) is 16.5. The number of urea groups is 1. The van der Waals surface area contributed by atoms with E-state index in [9.17, 15) is 4.79 Å². The van der Waals surface area contributed by atoms with Crippen LogP contribution in [0.2, 0.25) is 0 Å². The summed E-state index contributed by atoms with van der Waals surface area (Å²) in [5, 5.41) is 15.2. The maximum atomic E-state index is 12.6. The van der Waals surface area contributed by atoms with Gasteiger partial charge in [0.1, 0.15) is 5.75 Å². The van der Waals surface area contributed by atoms with E-state index in [2.05, 4.69) is 44.8 Å². The number of benzene rings is 2. The van der Waals surface area contributed by atoms with Crippen LogP contribution in [0.1, 0.15) is 12.5 Å². The molecule has 1 N–H and O–H groups in total. The molecule has 2 amide bonds.